The number of nitrogens with one attached hydrogen (secondary N) is 2. The van der Waals surface area contributed by atoms with Crippen LogP contribution in [0.1, 0.15) is 5.56 Å². The molecule has 17 heavy (non-hydrogen) atoms. The molecule has 0 aliphatic rings. The van der Waals surface area contributed by atoms with Gasteiger partial charge in [-0.2, -0.15) is 0 Å². The summed E-state index contributed by atoms with van der Waals surface area (Å²) in [7, 11) is 0. The van der Waals surface area contributed by atoms with Crippen molar-refractivity contribution in [2.24, 2.45) is 0 Å². The average molecular weight is 244 g/mol. The fourth-order valence-corrected chi connectivity index (χ4v) is 2.06. The van der Waals surface area contributed by atoms with Gasteiger partial charge in [0.1, 0.15) is 0 Å². The predicted octanol–water partition coefficient (Wildman–Crippen LogP) is 1.84. The fraction of sp³-hybridized carbons (Fsp3) is 0.0909. The molecular weight excluding hydrogens is 236 g/mol. The van der Waals surface area contributed by atoms with E-state index in [1.54, 1.807) is 0 Å². The highest BCUT2D eigenvalue weighted by atomic mass is 32.1. The van der Waals surface area contributed by atoms with Gasteiger partial charge < -0.3 is 4.98 Å². The third kappa shape index (κ3) is 1.45. The molecule has 6 heteroatoms. The highest BCUT2D eigenvalue weighted by Gasteiger charge is 2.08. The maximum atomic E-state index is 11.7. The van der Waals surface area contributed by atoms with Gasteiger partial charge in [0.05, 0.1) is 11.0 Å². The van der Waals surface area contributed by atoms with Crippen molar-refractivity contribution in [3.05, 3.63) is 38.9 Å². The van der Waals surface area contributed by atoms with Gasteiger partial charge in [-0.25, -0.2) is 0 Å². The number of aryl methyl sites for hydroxylation is 1. The molecule has 0 aliphatic carbocycles. The lowest BCUT2D eigenvalue weighted by Gasteiger charge is -2.03. The zero-order valence-electron chi connectivity index (χ0n) is 8.94. The van der Waals surface area contributed by atoms with Crippen LogP contribution in [-0.2, 0) is 0 Å². The van der Waals surface area contributed by atoms with Gasteiger partial charge in [-0.3, -0.25) is 9.78 Å². The third-order valence-corrected chi connectivity index (χ3v) is 2.88. The number of rotatable bonds is 0. The van der Waals surface area contributed by atoms with Crippen LogP contribution in [0.15, 0.2) is 23.0 Å². The second-order valence-corrected chi connectivity index (χ2v) is 4.21. The zero-order chi connectivity index (χ0) is 12.0. The Kier molecular flexibility index (Phi) is 2.05. The zero-order valence-corrected chi connectivity index (χ0v) is 9.76. The van der Waals surface area contributed by atoms with Gasteiger partial charge in [0, 0.05) is 5.39 Å². The van der Waals surface area contributed by atoms with Crippen molar-refractivity contribution in [3.8, 4) is 0 Å². The van der Waals surface area contributed by atoms with E-state index in [4.69, 9.17) is 12.2 Å². The Labute approximate surface area is 101 Å². The molecule has 2 N–H and O–H groups in total. The summed E-state index contributed by atoms with van der Waals surface area (Å²) in [6, 6.07) is 5.76. The Morgan fingerprint density at radius 3 is 2.76 bits per heavy atom. The van der Waals surface area contributed by atoms with E-state index >= 15 is 0 Å². The van der Waals surface area contributed by atoms with Gasteiger partial charge in [0.15, 0.2) is 10.3 Å². The molecule has 0 bridgehead atoms. The van der Waals surface area contributed by atoms with Gasteiger partial charge in [0.25, 0.3) is 5.56 Å². The number of fused-ring (bicyclic) bond motifs is 3. The number of aromatic nitrogens is 4. The Hall–Kier alpha value is -2.08. The van der Waals surface area contributed by atoms with Crippen LogP contribution in [0, 0.1) is 11.7 Å². The van der Waals surface area contributed by atoms with Crippen LogP contribution in [-0.4, -0.2) is 20.2 Å². The van der Waals surface area contributed by atoms with E-state index in [1.807, 2.05) is 25.1 Å². The largest absolute Gasteiger partial charge is 0.330 e. The molecule has 0 spiro atoms. The van der Waals surface area contributed by atoms with Crippen molar-refractivity contribution >= 4 is 34.2 Å². The molecular formula is C11H8N4OS. The monoisotopic (exact) mass is 244 g/mol. The first-order chi connectivity index (χ1) is 8.16. The fourth-order valence-electron chi connectivity index (χ4n) is 1.86. The van der Waals surface area contributed by atoms with Gasteiger partial charge in [-0.1, -0.05) is 18.2 Å². The van der Waals surface area contributed by atoms with E-state index < -0.39 is 0 Å². The summed E-state index contributed by atoms with van der Waals surface area (Å²) in [6.45, 7) is 1.95. The van der Waals surface area contributed by atoms with Crippen LogP contribution in [0.2, 0.25) is 0 Å². The maximum Gasteiger partial charge on any atom is 0.280 e. The maximum absolute atomic E-state index is 11.7. The Balaban J connectivity index is 2.70. The number of benzene rings is 1. The average Bonchev–Trinajstić information content (AvgIpc) is 2.29. The lowest BCUT2D eigenvalue weighted by Crippen LogP contribution is -2.10. The van der Waals surface area contributed by atoms with E-state index in [-0.39, 0.29) is 11.1 Å². The molecule has 0 unspecified atom stereocenters. The van der Waals surface area contributed by atoms with E-state index in [2.05, 4.69) is 20.2 Å². The quantitative estimate of drug-likeness (QED) is 0.467. The van der Waals surface area contributed by atoms with Crippen LogP contribution in [0.25, 0.3) is 21.9 Å². The molecule has 0 amide bonds. The first-order valence-electron chi connectivity index (χ1n) is 5.05. The van der Waals surface area contributed by atoms with Crippen LogP contribution >= 0.6 is 12.2 Å². The minimum atomic E-state index is -0.320. The Morgan fingerprint density at radius 1 is 1.18 bits per heavy atom. The number of hydrogen-bond acceptors (Lipinski definition) is 4. The summed E-state index contributed by atoms with van der Waals surface area (Å²) in [4.78, 5) is 17.1. The molecule has 0 radical (unpaired) electrons. The Morgan fingerprint density at radius 2 is 1.94 bits per heavy atom. The molecule has 1 aromatic carbocycles. The Bertz CT molecular complexity index is 849. The van der Waals surface area contributed by atoms with Crippen molar-refractivity contribution in [1.82, 2.24) is 20.2 Å². The standard InChI is InChI=1S/C11H8N4OS/c1-5-3-2-4-6-7(5)14-15-9-8(6)12-11(17)13-10(9)16/h2-4H,1H3,(H2,12,13,16,17). The topological polar surface area (TPSA) is 74.4 Å². The van der Waals surface area contributed by atoms with E-state index in [9.17, 15) is 4.79 Å². The smallest absolute Gasteiger partial charge is 0.280 e. The minimum absolute atomic E-state index is 0.275. The number of H-pyrrole nitrogens is 2. The summed E-state index contributed by atoms with van der Waals surface area (Å²) >= 11 is 4.96. The van der Waals surface area contributed by atoms with Crippen molar-refractivity contribution in [2.75, 3.05) is 0 Å². The highest BCUT2D eigenvalue weighted by Crippen LogP contribution is 2.20. The van der Waals surface area contributed by atoms with E-state index in [1.165, 1.54) is 0 Å². The lowest BCUT2D eigenvalue weighted by molar-refractivity contribution is 1.06. The molecule has 0 saturated carbocycles. The first kappa shape index (κ1) is 10.1. The highest BCUT2D eigenvalue weighted by molar-refractivity contribution is 7.71. The summed E-state index contributed by atoms with van der Waals surface area (Å²) in [5.41, 5.74) is 2.37. The number of nitrogens with zero attached hydrogens (tertiary/aromatic N) is 2. The van der Waals surface area contributed by atoms with Gasteiger partial charge in [-0.15, -0.1) is 10.2 Å². The SMILES string of the molecule is Cc1cccc2c1nnc1c(=O)[nH]c(=S)[nH]c12. The summed E-state index contributed by atoms with van der Waals surface area (Å²) in [6.07, 6.45) is 0. The van der Waals surface area contributed by atoms with Gasteiger partial charge in [0.2, 0.25) is 0 Å². The minimum Gasteiger partial charge on any atom is -0.330 e. The third-order valence-electron chi connectivity index (χ3n) is 2.67. The molecule has 3 rings (SSSR count). The van der Waals surface area contributed by atoms with Crippen LogP contribution < -0.4 is 5.56 Å². The number of aromatic amines is 2. The van der Waals surface area contributed by atoms with Crippen molar-refractivity contribution in [2.45, 2.75) is 6.92 Å². The molecule has 3 aromatic rings. The van der Waals surface area contributed by atoms with Crippen LogP contribution in [0.4, 0.5) is 0 Å². The predicted molar refractivity (Wildman–Crippen MR) is 67.6 cm³/mol. The molecule has 0 fully saturated rings. The first-order valence-corrected chi connectivity index (χ1v) is 5.46. The van der Waals surface area contributed by atoms with E-state index in [0.717, 1.165) is 16.5 Å². The molecule has 0 saturated heterocycles. The van der Waals surface area contributed by atoms with Gasteiger partial charge >= 0.3 is 0 Å². The number of hydrogen-bond donors (Lipinski definition) is 2. The molecule has 0 atom stereocenters. The molecule has 0 aliphatic heterocycles. The summed E-state index contributed by atoms with van der Waals surface area (Å²) in [5.74, 6) is 0. The van der Waals surface area contributed by atoms with Gasteiger partial charge in [-0.05, 0) is 24.7 Å². The molecule has 2 heterocycles. The normalized spacial score (nSPS) is 11.1. The van der Waals surface area contributed by atoms with Crippen molar-refractivity contribution < 1.29 is 0 Å². The van der Waals surface area contributed by atoms with Crippen LogP contribution in [0.5, 0.6) is 0 Å². The second kappa shape index (κ2) is 3.46. The lowest BCUT2D eigenvalue weighted by atomic mass is 10.1. The van der Waals surface area contributed by atoms with E-state index in [0.29, 0.717) is 10.3 Å². The molecule has 5 nitrogen and oxygen atoms in total. The molecule has 2 aromatic heterocycles. The van der Waals surface area contributed by atoms with Crippen molar-refractivity contribution in [3.63, 3.8) is 0 Å². The molecule has 84 valence electrons. The summed E-state index contributed by atoms with van der Waals surface area (Å²) < 4.78 is 0.290. The second-order valence-electron chi connectivity index (χ2n) is 3.80. The van der Waals surface area contributed by atoms with Crippen LogP contribution in [0.3, 0.4) is 0 Å². The van der Waals surface area contributed by atoms with Crippen molar-refractivity contribution in [1.29, 1.82) is 0 Å². The summed E-state index contributed by atoms with van der Waals surface area (Å²) in [5, 5.41) is 8.87.